The molecule has 110 valence electrons. The fourth-order valence-corrected chi connectivity index (χ4v) is 2.54. The molecule has 0 spiro atoms. The first-order valence-corrected chi connectivity index (χ1v) is 6.67. The van der Waals surface area contributed by atoms with E-state index in [0.29, 0.717) is 12.8 Å². The number of nitrogens with zero attached hydrogens (tertiary/aromatic N) is 3. The SMILES string of the molecule is CCC(=O)C1OC(C)CC1(C)OC(=O)Cn1cncn1. The monoisotopic (exact) mass is 281 g/mol. The zero-order valence-electron chi connectivity index (χ0n) is 11.9. The van der Waals surface area contributed by atoms with Crippen molar-refractivity contribution in [1.82, 2.24) is 14.8 Å². The van der Waals surface area contributed by atoms with Crippen LogP contribution in [0.5, 0.6) is 0 Å². The topological polar surface area (TPSA) is 83.3 Å². The van der Waals surface area contributed by atoms with Gasteiger partial charge >= 0.3 is 5.97 Å². The van der Waals surface area contributed by atoms with Gasteiger partial charge in [-0.1, -0.05) is 6.92 Å². The number of esters is 1. The molecule has 2 rings (SSSR count). The molecule has 0 bridgehead atoms. The van der Waals surface area contributed by atoms with Crippen molar-refractivity contribution in [2.45, 2.75) is 58.0 Å². The Morgan fingerprint density at radius 1 is 1.55 bits per heavy atom. The number of rotatable bonds is 5. The van der Waals surface area contributed by atoms with E-state index >= 15 is 0 Å². The van der Waals surface area contributed by atoms with Gasteiger partial charge in [0.05, 0.1) is 6.10 Å². The summed E-state index contributed by atoms with van der Waals surface area (Å²) in [5.74, 6) is -0.505. The molecule has 1 fully saturated rings. The highest BCUT2D eigenvalue weighted by molar-refractivity contribution is 5.85. The molecule has 0 amide bonds. The third-order valence-electron chi connectivity index (χ3n) is 3.36. The lowest BCUT2D eigenvalue weighted by Gasteiger charge is -2.28. The van der Waals surface area contributed by atoms with E-state index in [9.17, 15) is 9.59 Å². The van der Waals surface area contributed by atoms with Crippen LogP contribution in [0.2, 0.25) is 0 Å². The zero-order valence-corrected chi connectivity index (χ0v) is 11.9. The molecule has 0 N–H and O–H groups in total. The fourth-order valence-electron chi connectivity index (χ4n) is 2.54. The van der Waals surface area contributed by atoms with Crippen molar-refractivity contribution in [2.75, 3.05) is 0 Å². The number of ketones is 1. The van der Waals surface area contributed by atoms with Crippen molar-refractivity contribution in [3.63, 3.8) is 0 Å². The van der Waals surface area contributed by atoms with Gasteiger partial charge in [-0.05, 0) is 13.8 Å². The Morgan fingerprint density at radius 2 is 2.30 bits per heavy atom. The van der Waals surface area contributed by atoms with Gasteiger partial charge in [-0.25, -0.2) is 9.67 Å². The third-order valence-corrected chi connectivity index (χ3v) is 3.36. The van der Waals surface area contributed by atoms with Crippen molar-refractivity contribution in [1.29, 1.82) is 0 Å². The van der Waals surface area contributed by atoms with Crippen LogP contribution in [-0.4, -0.2) is 44.3 Å². The second-order valence-electron chi connectivity index (χ2n) is 5.23. The highest BCUT2D eigenvalue weighted by atomic mass is 16.6. The Morgan fingerprint density at radius 3 is 2.90 bits per heavy atom. The molecule has 20 heavy (non-hydrogen) atoms. The van der Waals surface area contributed by atoms with E-state index in [0.717, 1.165) is 0 Å². The van der Waals surface area contributed by atoms with Gasteiger partial charge in [-0.2, -0.15) is 5.10 Å². The normalized spacial score (nSPS) is 29.4. The summed E-state index contributed by atoms with van der Waals surface area (Å²) < 4.78 is 12.5. The lowest BCUT2D eigenvalue weighted by molar-refractivity contribution is -0.167. The van der Waals surface area contributed by atoms with Crippen molar-refractivity contribution in [2.24, 2.45) is 0 Å². The van der Waals surface area contributed by atoms with E-state index in [2.05, 4.69) is 10.1 Å². The lowest BCUT2D eigenvalue weighted by atomic mass is 9.92. The Balaban J connectivity index is 2.04. The quantitative estimate of drug-likeness (QED) is 0.740. The van der Waals surface area contributed by atoms with Crippen LogP contribution in [0, 0.1) is 0 Å². The molecular weight excluding hydrogens is 262 g/mol. The minimum Gasteiger partial charge on any atom is -0.455 e. The van der Waals surface area contributed by atoms with Crippen LogP contribution < -0.4 is 0 Å². The summed E-state index contributed by atoms with van der Waals surface area (Å²) in [5.41, 5.74) is -0.913. The average molecular weight is 281 g/mol. The maximum absolute atomic E-state index is 12.0. The van der Waals surface area contributed by atoms with Crippen LogP contribution in [0.25, 0.3) is 0 Å². The van der Waals surface area contributed by atoms with Crippen molar-refractivity contribution in [3.8, 4) is 0 Å². The number of Topliss-reactive ketones (excluding diaryl/α,β-unsaturated/α-hetero) is 1. The van der Waals surface area contributed by atoms with Crippen molar-refractivity contribution < 1.29 is 19.1 Å². The van der Waals surface area contributed by atoms with E-state index in [-0.39, 0.29) is 18.4 Å². The molecule has 3 atom stereocenters. The van der Waals surface area contributed by atoms with Gasteiger partial charge in [0.25, 0.3) is 0 Å². The molecule has 3 unspecified atom stereocenters. The number of carbonyl (C=O) groups is 2. The van der Waals surface area contributed by atoms with Crippen LogP contribution in [-0.2, 0) is 25.6 Å². The Hall–Kier alpha value is -1.76. The second-order valence-corrected chi connectivity index (χ2v) is 5.23. The van der Waals surface area contributed by atoms with E-state index < -0.39 is 17.7 Å². The minimum absolute atomic E-state index is 0.0307. The summed E-state index contributed by atoms with van der Waals surface area (Å²) in [6.07, 6.45) is 2.84. The van der Waals surface area contributed by atoms with Crippen LogP contribution >= 0.6 is 0 Å². The molecule has 1 aliphatic heterocycles. The standard InChI is InChI=1S/C13H19N3O4/c1-4-10(17)12-13(3,5-9(2)19-12)20-11(18)6-16-8-14-7-15-16/h7-9,12H,4-6H2,1-3H3. The third kappa shape index (κ3) is 3.04. The van der Waals surface area contributed by atoms with Gasteiger partial charge in [0.1, 0.15) is 24.8 Å². The smallest absolute Gasteiger partial charge is 0.328 e. The number of ether oxygens (including phenoxy) is 2. The van der Waals surface area contributed by atoms with Crippen molar-refractivity contribution >= 4 is 11.8 Å². The Labute approximate surface area is 117 Å². The van der Waals surface area contributed by atoms with Crippen LogP contribution in [0.4, 0.5) is 0 Å². The van der Waals surface area contributed by atoms with Crippen LogP contribution in [0.15, 0.2) is 12.7 Å². The summed E-state index contributed by atoms with van der Waals surface area (Å²) in [6.45, 7) is 5.35. The highest BCUT2D eigenvalue weighted by Crippen LogP contribution is 2.35. The zero-order chi connectivity index (χ0) is 14.8. The molecule has 0 radical (unpaired) electrons. The first-order chi connectivity index (χ1) is 9.44. The van der Waals surface area contributed by atoms with Crippen LogP contribution in [0.1, 0.15) is 33.6 Å². The number of hydrogen-bond donors (Lipinski definition) is 0. The molecule has 1 aliphatic rings. The first kappa shape index (κ1) is 14.6. The van der Waals surface area contributed by atoms with E-state index in [4.69, 9.17) is 9.47 Å². The maximum Gasteiger partial charge on any atom is 0.328 e. The number of hydrogen-bond acceptors (Lipinski definition) is 6. The van der Waals surface area contributed by atoms with E-state index in [1.165, 1.54) is 17.3 Å². The molecular formula is C13H19N3O4. The predicted octanol–water partition coefficient (Wildman–Crippen LogP) is 0.736. The molecule has 0 aliphatic carbocycles. The summed E-state index contributed by atoms with van der Waals surface area (Å²) in [5, 5.41) is 3.85. The predicted molar refractivity (Wildman–Crippen MR) is 68.8 cm³/mol. The molecule has 1 aromatic rings. The Bertz CT molecular complexity index is 488. The van der Waals surface area contributed by atoms with Gasteiger partial charge < -0.3 is 9.47 Å². The van der Waals surface area contributed by atoms with Gasteiger partial charge in [-0.3, -0.25) is 9.59 Å². The molecule has 1 aromatic heterocycles. The molecule has 2 heterocycles. The number of aromatic nitrogens is 3. The van der Waals surface area contributed by atoms with Gasteiger partial charge in [-0.15, -0.1) is 0 Å². The molecule has 1 saturated heterocycles. The van der Waals surface area contributed by atoms with Gasteiger partial charge in [0, 0.05) is 12.8 Å². The summed E-state index contributed by atoms with van der Waals surface area (Å²) in [7, 11) is 0. The van der Waals surface area contributed by atoms with Gasteiger partial charge in [0.2, 0.25) is 0 Å². The Kier molecular flexibility index (Phi) is 4.17. The van der Waals surface area contributed by atoms with Crippen molar-refractivity contribution in [3.05, 3.63) is 12.7 Å². The largest absolute Gasteiger partial charge is 0.455 e. The summed E-state index contributed by atoms with van der Waals surface area (Å²) in [4.78, 5) is 27.6. The van der Waals surface area contributed by atoms with E-state index in [1.807, 2.05) is 6.92 Å². The summed E-state index contributed by atoms with van der Waals surface area (Å²) >= 11 is 0. The fraction of sp³-hybridized carbons (Fsp3) is 0.692. The molecule has 7 heteroatoms. The minimum atomic E-state index is -0.913. The summed E-state index contributed by atoms with van der Waals surface area (Å²) in [6, 6.07) is 0. The molecule has 0 aromatic carbocycles. The lowest BCUT2D eigenvalue weighted by Crippen LogP contribution is -2.45. The van der Waals surface area contributed by atoms with E-state index in [1.54, 1.807) is 13.8 Å². The first-order valence-electron chi connectivity index (χ1n) is 6.67. The number of carbonyl (C=O) groups excluding carboxylic acids is 2. The van der Waals surface area contributed by atoms with Gasteiger partial charge in [0.15, 0.2) is 11.9 Å². The molecule has 7 nitrogen and oxygen atoms in total. The highest BCUT2D eigenvalue weighted by Gasteiger charge is 2.49. The van der Waals surface area contributed by atoms with Crippen LogP contribution in [0.3, 0.4) is 0 Å². The average Bonchev–Trinajstić information content (AvgIpc) is 2.96. The molecule has 0 saturated carbocycles. The second kappa shape index (κ2) is 5.70. The maximum atomic E-state index is 12.0.